The van der Waals surface area contributed by atoms with E-state index in [0.29, 0.717) is 0 Å². The highest BCUT2D eigenvalue weighted by atomic mass is 35.5. The lowest BCUT2D eigenvalue weighted by molar-refractivity contribution is -0.119. The fraction of sp³-hybridized carbons (Fsp3) is 0.333. The Morgan fingerprint density at radius 3 is 2.55 bits per heavy atom. The van der Waals surface area contributed by atoms with Crippen LogP contribution in [0.2, 0.25) is 0 Å². The van der Waals surface area contributed by atoms with Gasteiger partial charge in [0.2, 0.25) is 5.91 Å². The molecule has 5 nitrogen and oxygen atoms in total. The van der Waals surface area contributed by atoms with Crippen LogP contribution in [0.1, 0.15) is 20.8 Å². The molecule has 0 unspecified atom stereocenters. The Balaban J connectivity index is 0.00000220. The maximum atomic E-state index is 12.1. The first-order chi connectivity index (χ1) is 9.38. The van der Waals surface area contributed by atoms with Crippen LogP contribution in [-0.4, -0.2) is 21.5 Å². The van der Waals surface area contributed by atoms with E-state index in [4.69, 9.17) is 5.73 Å². The lowest BCUT2D eigenvalue weighted by atomic mass is 9.87. The van der Waals surface area contributed by atoms with Gasteiger partial charge in [0.15, 0.2) is 0 Å². The van der Waals surface area contributed by atoms with Gasteiger partial charge in [-0.15, -0.1) is 24.8 Å². The molecule has 0 spiro atoms. The maximum absolute atomic E-state index is 12.1. The molecule has 0 aliphatic rings. The van der Waals surface area contributed by atoms with E-state index in [1.54, 1.807) is 12.5 Å². The average Bonchev–Trinajstić information content (AvgIpc) is 2.91. The van der Waals surface area contributed by atoms with Gasteiger partial charge in [-0.1, -0.05) is 26.8 Å². The fourth-order valence-corrected chi connectivity index (χ4v) is 1.77. The predicted octanol–water partition coefficient (Wildman–Crippen LogP) is 3.03. The number of rotatable bonds is 3. The normalized spacial score (nSPS) is 11.8. The molecule has 0 aliphatic heterocycles. The van der Waals surface area contributed by atoms with Gasteiger partial charge in [0.25, 0.3) is 0 Å². The van der Waals surface area contributed by atoms with E-state index in [-0.39, 0.29) is 36.1 Å². The van der Waals surface area contributed by atoms with E-state index in [1.165, 1.54) is 0 Å². The SMILES string of the molecule is CC(C)(C)[C@H](N)C(=O)Nc1cccc(-n2ccnc2)c1.Cl.Cl. The van der Waals surface area contributed by atoms with Crippen molar-refractivity contribution in [3.8, 4) is 5.69 Å². The molecule has 3 N–H and O–H groups in total. The Kier molecular flexibility index (Phi) is 7.59. The molecular weight excluding hydrogens is 323 g/mol. The number of imidazole rings is 1. The van der Waals surface area contributed by atoms with Crippen molar-refractivity contribution < 1.29 is 4.79 Å². The lowest BCUT2D eigenvalue weighted by Gasteiger charge is -2.25. The van der Waals surface area contributed by atoms with Crippen molar-refractivity contribution >= 4 is 36.4 Å². The molecule has 122 valence electrons. The summed E-state index contributed by atoms with van der Waals surface area (Å²) in [6.45, 7) is 5.83. The highest BCUT2D eigenvalue weighted by Gasteiger charge is 2.27. The monoisotopic (exact) mass is 344 g/mol. The number of carbonyl (C=O) groups is 1. The number of anilines is 1. The zero-order valence-corrected chi connectivity index (χ0v) is 14.4. The van der Waals surface area contributed by atoms with Crippen molar-refractivity contribution in [1.82, 2.24) is 9.55 Å². The molecule has 2 aromatic rings. The first-order valence-electron chi connectivity index (χ1n) is 6.53. The molecule has 0 aliphatic carbocycles. The second-order valence-corrected chi connectivity index (χ2v) is 5.85. The number of hydrogen-bond donors (Lipinski definition) is 2. The van der Waals surface area contributed by atoms with Crippen LogP contribution >= 0.6 is 24.8 Å². The number of nitrogens with zero attached hydrogens (tertiary/aromatic N) is 2. The molecule has 0 bridgehead atoms. The topological polar surface area (TPSA) is 72.9 Å². The molecule has 1 aromatic carbocycles. The molecule has 1 amide bonds. The van der Waals surface area contributed by atoms with Gasteiger partial charge in [-0.05, 0) is 23.6 Å². The van der Waals surface area contributed by atoms with Crippen molar-refractivity contribution in [1.29, 1.82) is 0 Å². The highest BCUT2D eigenvalue weighted by molar-refractivity contribution is 5.95. The van der Waals surface area contributed by atoms with E-state index in [9.17, 15) is 4.79 Å². The van der Waals surface area contributed by atoms with Crippen molar-refractivity contribution in [3.63, 3.8) is 0 Å². The fourth-order valence-electron chi connectivity index (χ4n) is 1.77. The number of hydrogen-bond acceptors (Lipinski definition) is 3. The summed E-state index contributed by atoms with van der Waals surface area (Å²) in [4.78, 5) is 16.1. The number of benzene rings is 1. The zero-order chi connectivity index (χ0) is 14.8. The highest BCUT2D eigenvalue weighted by Crippen LogP contribution is 2.20. The maximum Gasteiger partial charge on any atom is 0.241 e. The van der Waals surface area contributed by atoms with Gasteiger partial charge in [0.05, 0.1) is 12.4 Å². The summed E-state index contributed by atoms with van der Waals surface area (Å²) in [6.07, 6.45) is 5.27. The molecule has 0 fully saturated rings. The molecule has 7 heteroatoms. The van der Waals surface area contributed by atoms with E-state index in [2.05, 4.69) is 10.3 Å². The standard InChI is InChI=1S/C15H20N4O.2ClH/c1-15(2,3)13(16)14(20)18-11-5-4-6-12(9-11)19-8-7-17-10-19;;/h4-10,13H,16H2,1-3H3,(H,18,20);2*1H/t13-;;/m1../s1. The summed E-state index contributed by atoms with van der Waals surface area (Å²) in [7, 11) is 0. The zero-order valence-electron chi connectivity index (χ0n) is 12.8. The summed E-state index contributed by atoms with van der Waals surface area (Å²) in [5.74, 6) is -0.180. The van der Waals surface area contributed by atoms with Crippen LogP contribution in [0.4, 0.5) is 5.69 Å². The third-order valence-electron chi connectivity index (χ3n) is 3.13. The second-order valence-electron chi connectivity index (χ2n) is 5.85. The van der Waals surface area contributed by atoms with Crippen molar-refractivity contribution in [2.24, 2.45) is 11.1 Å². The summed E-state index contributed by atoms with van der Waals surface area (Å²) in [5.41, 5.74) is 7.33. The van der Waals surface area contributed by atoms with Crippen LogP contribution in [0.25, 0.3) is 5.69 Å². The molecule has 1 aromatic heterocycles. The van der Waals surface area contributed by atoms with Gasteiger partial charge in [-0.2, -0.15) is 0 Å². The molecule has 2 rings (SSSR count). The van der Waals surface area contributed by atoms with Crippen LogP contribution in [-0.2, 0) is 4.79 Å². The van der Waals surface area contributed by atoms with Gasteiger partial charge >= 0.3 is 0 Å². The largest absolute Gasteiger partial charge is 0.325 e. The van der Waals surface area contributed by atoms with Crippen molar-refractivity contribution in [2.45, 2.75) is 26.8 Å². The molecule has 1 atom stereocenters. The lowest BCUT2D eigenvalue weighted by Crippen LogP contribution is -2.45. The Morgan fingerprint density at radius 1 is 1.32 bits per heavy atom. The second kappa shape index (κ2) is 8.17. The summed E-state index contributed by atoms with van der Waals surface area (Å²) in [5, 5.41) is 2.85. The molecule has 0 radical (unpaired) electrons. The molecule has 1 heterocycles. The summed E-state index contributed by atoms with van der Waals surface area (Å²) >= 11 is 0. The molecular formula is C15H22Cl2N4O. The van der Waals surface area contributed by atoms with Gasteiger partial charge in [0, 0.05) is 23.8 Å². The third kappa shape index (κ3) is 5.02. The number of amides is 1. The Bertz CT molecular complexity index is 594. The van der Waals surface area contributed by atoms with E-state index < -0.39 is 6.04 Å². The van der Waals surface area contributed by atoms with Crippen LogP contribution in [0, 0.1) is 5.41 Å². The smallest absolute Gasteiger partial charge is 0.241 e. The van der Waals surface area contributed by atoms with Crippen molar-refractivity contribution in [2.75, 3.05) is 5.32 Å². The van der Waals surface area contributed by atoms with Gasteiger partial charge in [-0.3, -0.25) is 4.79 Å². The first kappa shape index (κ1) is 20.4. The van der Waals surface area contributed by atoms with Crippen LogP contribution in [0.5, 0.6) is 0 Å². The number of nitrogens with one attached hydrogen (secondary N) is 1. The van der Waals surface area contributed by atoms with Crippen LogP contribution in [0.15, 0.2) is 43.0 Å². The van der Waals surface area contributed by atoms with E-state index in [1.807, 2.05) is 55.8 Å². The molecule has 22 heavy (non-hydrogen) atoms. The van der Waals surface area contributed by atoms with Crippen LogP contribution in [0.3, 0.4) is 0 Å². The minimum Gasteiger partial charge on any atom is -0.325 e. The van der Waals surface area contributed by atoms with Gasteiger partial charge in [0.1, 0.15) is 0 Å². The first-order valence-corrected chi connectivity index (χ1v) is 6.53. The Hall–Kier alpha value is -1.56. The third-order valence-corrected chi connectivity index (χ3v) is 3.13. The van der Waals surface area contributed by atoms with E-state index >= 15 is 0 Å². The average molecular weight is 345 g/mol. The summed E-state index contributed by atoms with van der Waals surface area (Å²) in [6, 6.07) is 7.00. The predicted molar refractivity (Wildman–Crippen MR) is 94.1 cm³/mol. The minimum atomic E-state index is -0.556. The number of carbonyl (C=O) groups excluding carboxylic acids is 1. The van der Waals surface area contributed by atoms with Crippen molar-refractivity contribution in [3.05, 3.63) is 43.0 Å². The Labute approximate surface area is 143 Å². The van der Waals surface area contributed by atoms with Gasteiger partial charge in [-0.25, -0.2) is 4.98 Å². The van der Waals surface area contributed by atoms with Crippen LogP contribution < -0.4 is 11.1 Å². The van der Waals surface area contributed by atoms with E-state index in [0.717, 1.165) is 11.4 Å². The minimum absolute atomic E-state index is 0. The Morgan fingerprint density at radius 2 is 2.00 bits per heavy atom. The quantitative estimate of drug-likeness (QED) is 0.898. The number of nitrogens with two attached hydrogens (primary N) is 1. The molecule has 0 saturated carbocycles. The number of halogens is 2. The number of aromatic nitrogens is 2. The summed E-state index contributed by atoms with van der Waals surface area (Å²) < 4.78 is 1.87. The van der Waals surface area contributed by atoms with Gasteiger partial charge < -0.3 is 15.6 Å². The molecule has 0 saturated heterocycles.